The molecule has 3 nitrogen and oxygen atoms in total. The Balaban J connectivity index is 1.34. The minimum atomic E-state index is -0.0883. The molecule has 0 unspecified atom stereocenters. The Morgan fingerprint density at radius 2 is 1.79 bits per heavy atom. The maximum absolute atomic E-state index is 13.7. The van der Waals surface area contributed by atoms with Gasteiger partial charge in [0.15, 0.2) is 0 Å². The monoisotopic (exact) mass is 323 g/mol. The lowest BCUT2D eigenvalue weighted by atomic mass is 9.96. The van der Waals surface area contributed by atoms with Gasteiger partial charge in [-0.15, -0.1) is 0 Å². The molecule has 1 aliphatic heterocycles. The second kappa shape index (κ2) is 6.73. The van der Waals surface area contributed by atoms with Crippen LogP contribution in [0, 0.1) is 5.82 Å². The molecule has 1 aliphatic rings. The Hall–Kier alpha value is -2.20. The predicted molar refractivity (Wildman–Crippen MR) is 94.6 cm³/mol. The topological polar surface area (TPSA) is 31.9 Å². The number of hydrogen-bond donors (Lipinski definition) is 1. The molecule has 1 fully saturated rings. The molecule has 0 atom stereocenters. The number of aromatic amines is 1. The molecule has 1 N–H and O–H groups in total. The third-order valence-corrected chi connectivity index (χ3v) is 5.04. The number of halogens is 1. The van der Waals surface area contributed by atoms with Gasteiger partial charge in [0.25, 0.3) is 0 Å². The van der Waals surface area contributed by atoms with Crippen molar-refractivity contribution in [2.24, 2.45) is 0 Å². The van der Waals surface area contributed by atoms with Crippen LogP contribution in [0.15, 0.2) is 48.5 Å². The van der Waals surface area contributed by atoms with Crippen LogP contribution in [-0.2, 0) is 6.42 Å². The molecule has 4 heteroatoms. The number of H-pyrrole nitrogens is 1. The van der Waals surface area contributed by atoms with Crippen LogP contribution in [0.25, 0.3) is 11.0 Å². The van der Waals surface area contributed by atoms with Crippen LogP contribution in [0.3, 0.4) is 0 Å². The largest absolute Gasteiger partial charge is 0.342 e. The number of para-hydroxylation sites is 2. The highest BCUT2D eigenvalue weighted by molar-refractivity contribution is 5.74. The summed E-state index contributed by atoms with van der Waals surface area (Å²) >= 11 is 0. The Morgan fingerprint density at radius 3 is 2.58 bits per heavy atom. The Labute approximate surface area is 141 Å². The molecule has 1 aromatic heterocycles. The van der Waals surface area contributed by atoms with Crippen molar-refractivity contribution in [3.8, 4) is 0 Å². The summed E-state index contributed by atoms with van der Waals surface area (Å²) in [5, 5.41) is 0. The summed E-state index contributed by atoms with van der Waals surface area (Å²) in [6.45, 7) is 3.03. The third-order valence-electron chi connectivity index (χ3n) is 5.04. The maximum atomic E-state index is 13.7. The molecule has 24 heavy (non-hydrogen) atoms. The molecule has 1 saturated heterocycles. The number of hydrogen-bond acceptors (Lipinski definition) is 2. The van der Waals surface area contributed by atoms with E-state index >= 15 is 0 Å². The first-order chi connectivity index (χ1) is 11.8. The van der Waals surface area contributed by atoms with Gasteiger partial charge in [-0.1, -0.05) is 30.3 Å². The van der Waals surface area contributed by atoms with E-state index in [0.717, 1.165) is 61.3 Å². The van der Waals surface area contributed by atoms with Gasteiger partial charge in [0.05, 0.1) is 11.0 Å². The fourth-order valence-corrected chi connectivity index (χ4v) is 3.58. The minimum absolute atomic E-state index is 0.0883. The van der Waals surface area contributed by atoms with E-state index in [1.807, 2.05) is 24.3 Å². The zero-order valence-electron chi connectivity index (χ0n) is 13.7. The summed E-state index contributed by atoms with van der Waals surface area (Å²) in [6, 6.07) is 15.3. The van der Waals surface area contributed by atoms with Crippen LogP contribution < -0.4 is 0 Å². The second-order valence-corrected chi connectivity index (χ2v) is 6.60. The maximum Gasteiger partial charge on any atom is 0.126 e. The summed E-state index contributed by atoms with van der Waals surface area (Å²) in [5.41, 5.74) is 2.99. The van der Waals surface area contributed by atoms with Crippen molar-refractivity contribution in [1.82, 2.24) is 14.9 Å². The number of nitrogens with one attached hydrogen (secondary N) is 1. The summed E-state index contributed by atoms with van der Waals surface area (Å²) in [4.78, 5) is 10.6. The van der Waals surface area contributed by atoms with Crippen molar-refractivity contribution >= 4 is 11.0 Å². The number of imidazole rings is 1. The van der Waals surface area contributed by atoms with Crippen molar-refractivity contribution < 1.29 is 4.39 Å². The first-order valence-corrected chi connectivity index (χ1v) is 8.70. The lowest BCUT2D eigenvalue weighted by Gasteiger charge is -2.31. The average molecular weight is 323 g/mol. The first-order valence-electron chi connectivity index (χ1n) is 8.70. The number of piperidine rings is 1. The fourth-order valence-electron chi connectivity index (χ4n) is 3.58. The Kier molecular flexibility index (Phi) is 4.30. The number of aromatic nitrogens is 2. The Morgan fingerprint density at radius 1 is 1.04 bits per heavy atom. The Bertz CT molecular complexity index is 785. The van der Waals surface area contributed by atoms with Crippen molar-refractivity contribution in [1.29, 1.82) is 0 Å². The molecular formula is C20H22FN3. The lowest BCUT2D eigenvalue weighted by Crippen LogP contribution is -2.34. The number of benzene rings is 2. The predicted octanol–water partition coefficient (Wildman–Crippen LogP) is 4.12. The fraction of sp³-hybridized carbons (Fsp3) is 0.350. The van der Waals surface area contributed by atoms with E-state index in [0.29, 0.717) is 5.92 Å². The van der Waals surface area contributed by atoms with E-state index in [1.165, 1.54) is 0 Å². The van der Waals surface area contributed by atoms with E-state index in [1.54, 1.807) is 12.1 Å². The number of rotatable bonds is 4. The van der Waals surface area contributed by atoms with Gasteiger partial charge in [0.2, 0.25) is 0 Å². The summed E-state index contributed by atoms with van der Waals surface area (Å²) in [7, 11) is 0. The molecule has 0 aliphatic carbocycles. The highest BCUT2D eigenvalue weighted by Crippen LogP contribution is 2.27. The van der Waals surface area contributed by atoms with Crippen molar-refractivity contribution in [3.63, 3.8) is 0 Å². The zero-order valence-corrected chi connectivity index (χ0v) is 13.7. The van der Waals surface area contributed by atoms with Gasteiger partial charge in [0, 0.05) is 12.5 Å². The van der Waals surface area contributed by atoms with Crippen molar-refractivity contribution in [2.75, 3.05) is 19.6 Å². The van der Waals surface area contributed by atoms with Crippen molar-refractivity contribution in [2.45, 2.75) is 25.2 Å². The number of fused-ring (bicyclic) bond motifs is 1. The van der Waals surface area contributed by atoms with Crippen LogP contribution >= 0.6 is 0 Å². The van der Waals surface area contributed by atoms with Crippen LogP contribution in [0.4, 0.5) is 4.39 Å². The van der Waals surface area contributed by atoms with Gasteiger partial charge in [-0.05, 0) is 56.1 Å². The minimum Gasteiger partial charge on any atom is -0.342 e. The van der Waals surface area contributed by atoms with Crippen molar-refractivity contribution in [3.05, 3.63) is 65.7 Å². The van der Waals surface area contributed by atoms with Crippen LogP contribution in [-0.4, -0.2) is 34.5 Å². The van der Waals surface area contributed by atoms with E-state index < -0.39 is 0 Å². The molecule has 0 saturated carbocycles. The second-order valence-electron chi connectivity index (χ2n) is 6.60. The molecule has 2 aromatic carbocycles. The summed E-state index contributed by atoms with van der Waals surface area (Å²) in [5.74, 6) is 1.53. The van der Waals surface area contributed by atoms with E-state index in [2.05, 4.69) is 22.0 Å². The molecule has 4 rings (SSSR count). The van der Waals surface area contributed by atoms with Gasteiger partial charge in [-0.25, -0.2) is 9.37 Å². The van der Waals surface area contributed by atoms with Gasteiger partial charge < -0.3 is 9.88 Å². The molecule has 2 heterocycles. The van der Waals surface area contributed by atoms with Gasteiger partial charge in [0.1, 0.15) is 11.6 Å². The highest BCUT2D eigenvalue weighted by atomic mass is 19.1. The van der Waals surface area contributed by atoms with Crippen LogP contribution in [0.1, 0.15) is 30.1 Å². The third kappa shape index (κ3) is 3.20. The average Bonchev–Trinajstić information content (AvgIpc) is 3.06. The highest BCUT2D eigenvalue weighted by Gasteiger charge is 2.23. The van der Waals surface area contributed by atoms with Crippen LogP contribution in [0.5, 0.6) is 0 Å². The van der Waals surface area contributed by atoms with E-state index in [9.17, 15) is 4.39 Å². The lowest BCUT2D eigenvalue weighted by molar-refractivity contribution is 0.211. The van der Waals surface area contributed by atoms with Gasteiger partial charge >= 0.3 is 0 Å². The summed E-state index contributed by atoms with van der Waals surface area (Å²) in [6.07, 6.45) is 3.00. The van der Waals surface area contributed by atoms with Gasteiger partial charge in [-0.3, -0.25) is 0 Å². The van der Waals surface area contributed by atoms with E-state index in [4.69, 9.17) is 4.98 Å². The smallest absolute Gasteiger partial charge is 0.126 e. The standard InChI is InChI=1S/C20H22FN3/c21-17-6-2-1-5-15(17)9-12-24-13-10-16(11-14-24)20-22-18-7-3-4-8-19(18)23-20/h1-8,16H,9-14H2,(H,22,23). The SMILES string of the molecule is Fc1ccccc1CCN1CCC(c2nc3ccccc3[nH]2)CC1. The molecule has 3 aromatic rings. The normalized spacial score (nSPS) is 16.7. The zero-order chi connectivity index (χ0) is 16.4. The van der Waals surface area contributed by atoms with E-state index in [-0.39, 0.29) is 5.82 Å². The summed E-state index contributed by atoms with van der Waals surface area (Å²) < 4.78 is 13.7. The number of likely N-dealkylation sites (tertiary alicyclic amines) is 1. The van der Waals surface area contributed by atoms with Gasteiger partial charge in [-0.2, -0.15) is 0 Å². The molecule has 124 valence electrons. The molecule has 0 radical (unpaired) electrons. The first kappa shape index (κ1) is 15.3. The number of nitrogens with zero attached hydrogens (tertiary/aromatic N) is 2. The van der Waals surface area contributed by atoms with Crippen LogP contribution in [0.2, 0.25) is 0 Å². The molecule has 0 amide bonds. The molecule has 0 bridgehead atoms. The molecular weight excluding hydrogens is 301 g/mol. The quantitative estimate of drug-likeness (QED) is 0.783. The molecule has 0 spiro atoms.